The molecule has 2 N–H and O–H groups in total. The van der Waals surface area contributed by atoms with Crippen LogP contribution in [0.3, 0.4) is 0 Å². The van der Waals surface area contributed by atoms with Crippen LogP contribution in [0.4, 0.5) is 4.79 Å². The molecule has 2 rings (SSSR count). The molecule has 1 aliphatic rings. The Labute approximate surface area is 141 Å². The molecular weight excluding hydrogens is 310 g/mol. The van der Waals surface area contributed by atoms with E-state index in [1.807, 2.05) is 30.3 Å². The van der Waals surface area contributed by atoms with Gasteiger partial charge in [-0.1, -0.05) is 30.3 Å². The van der Waals surface area contributed by atoms with Crippen LogP contribution < -0.4 is 10.9 Å². The summed E-state index contributed by atoms with van der Waals surface area (Å²) in [6.45, 7) is 2.93. The van der Waals surface area contributed by atoms with Gasteiger partial charge < -0.3 is 9.64 Å². The molecule has 130 valence electrons. The van der Waals surface area contributed by atoms with Gasteiger partial charge in [0.15, 0.2) is 0 Å². The zero-order valence-corrected chi connectivity index (χ0v) is 13.8. The Kier molecular flexibility index (Phi) is 6.60. The molecule has 0 radical (unpaired) electrons. The zero-order chi connectivity index (χ0) is 17.4. The van der Waals surface area contributed by atoms with E-state index in [1.54, 1.807) is 11.8 Å². The number of carbonyl (C=O) groups is 3. The first-order valence-electron chi connectivity index (χ1n) is 8.14. The van der Waals surface area contributed by atoms with Crippen LogP contribution in [0.2, 0.25) is 0 Å². The molecule has 1 aromatic rings. The number of nitrogens with one attached hydrogen (secondary N) is 2. The molecule has 1 saturated heterocycles. The molecule has 1 atom stereocenters. The summed E-state index contributed by atoms with van der Waals surface area (Å²) in [4.78, 5) is 37.4. The van der Waals surface area contributed by atoms with Crippen molar-refractivity contribution < 1.29 is 19.1 Å². The van der Waals surface area contributed by atoms with Crippen LogP contribution in [0.5, 0.6) is 0 Å². The Balaban J connectivity index is 1.83. The van der Waals surface area contributed by atoms with Crippen molar-refractivity contribution in [2.24, 2.45) is 5.92 Å². The van der Waals surface area contributed by atoms with E-state index in [-0.39, 0.29) is 24.3 Å². The van der Waals surface area contributed by atoms with E-state index < -0.39 is 6.09 Å². The third-order valence-electron chi connectivity index (χ3n) is 3.91. The summed E-state index contributed by atoms with van der Waals surface area (Å²) in [5.41, 5.74) is 5.50. The lowest BCUT2D eigenvalue weighted by molar-refractivity contribution is -0.135. The predicted octanol–water partition coefficient (Wildman–Crippen LogP) is 1.25. The minimum Gasteiger partial charge on any atom is -0.449 e. The second-order valence-electron chi connectivity index (χ2n) is 5.68. The van der Waals surface area contributed by atoms with Gasteiger partial charge in [-0.3, -0.25) is 15.0 Å². The summed E-state index contributed by atoms with van der Waals surface area (Å²) in [5, 5.41) is 0. The molecule has 0 aliphatic carbocycles. The van der Waals surface area contributed by atoms with E-state index in [1.165, 1.54) is 0 Å². The van der Waals surface area contributed by atoms with Crippen molar-refractivity contribution in [1.29, 1.82) is 0 Å². The maximum atomic E-state index is 12.4. The van der Waals surface area contributed by atoms with Crippen molar-refractivity contribution in [1.82, 2.24) is 15.8 Å². The lowest BCUT2D eigenvalue weighted by Gasteiger charge is -2.32. The highest BCUT2D eigenvalue weighted by Crippen LogP contribution is 2.17. The van der Waals surface area contributed by atoms with Crippen LogP contribution in [0, 0.1) is 5.92 Å². The molecule has 1 heterocycles. The van der Waals surface area contributed by atoms with E-state index in [4.69, 9.17) is 0 Å². The number of piperidine rings is 1. The molecule has 3 amide bonds. The molecule has 0 aromatic heterocycles. The first-order valence-corrected chi connectivity index (χ1v) is 8.14. The van der Waals surface area contributed by atoms with Gasteiger partial charge in [0, 0.05) is 13.1 Å². The van der Waals surface area contributed by atoms with Gasteiger partial charge in [0.25, 0.3) is 0 Å². The Hall–Kier alpha value is -2.57. The average molecular weight is 333 g/mol. The standard InChI is InChI=1S/C17H23N3O4/c1-2-24-17(23)19-18-16(22)14-9-6-10-20(12-14)15(21)11-13-7-4-3-5-8-13/h3-5,7-8,14H,2,6,9-12H2,1H3,(H,18,22)(H,19,23). The normalized spacial score (nSPS) is 17.0. The van der Waals surface area contributed by atoms with Crippen molar-refractivity contribution in [3.8, 4) is 0 Å². The van der Waals surface area contributed by atoms with Crippen LogP contribution in [0.15, 0.2) is 30.3 Å². The molecule has 1 aliphatic heterocycles. The number of carbonyl (C=O) groups excluding carboxylic acids is 3. The first kappa shape index (κ1) is 17.8. The van der Waals surface area contributed by atoms with Gasteiger partial charge in [0.05, 0.1) is 18.9 Å². The van der Waals surface area contributed by atoms with E-state index in [0.29, 0.717) is 25.9 Å². The van der Waals surface area contributed by atoms with Gasteiger partial charge in [-0.25, -0.2) is 10.2 Å². The predicted molar refractivity (Wildman–Crippen MR) is 87.8 cm³/mol. The Morgan fingerprint density at radius 2 is 1.96 bits per heavy atom. The number of likely N-dealkylation sites (tertiary alicyclic amines) is 1. The van der Waals surface area contributed by atoms with Crippen molar-refractivity contribution in [2.45, 2.75) is 26.2 Å². The van der Waals surface area contributed by atoms with E-state index in [2.05, 4.69) is 15.6 Å². The summed E-state index contributed by atoms with van der Waals surface area (Å²) in [6, 6.07) is 9.53. The van der Waals surface area contributed by atoms with Crippen molar-refractivity contribution in [3.63, 3.8) is 0 Å². The Morgan fingerprint density at radius 1 is 1.21 bits per heavy atom. The highest BCUT2D eigenvalue weighted by Gasteiger charge is 2.28. The largest absolute Gasteiger partial charge is 0.449 e. The van der Waals surface area contributed by atoms with Crippen LogP contribution in [-0.2, 0) is 20.7 Å². The van der Waals surface area contributed by atoms with Gasteiger partial charge in [-0.2, -0.15) is 0 Å². The number of ether oxygens (including phenoxy) is 1. The highest BCUT2D eigenvalue weighted by atomic mass is 16.5. The number of hydrogen-bond acceptors (Lipinski definition) is 4. The second kappa shape index (κ2) is 8.90. The summed E-state index contributed by atoms with van der Waals surface area (Å²) in [6.07, 6.45) is 1.08. The topological polar surface area (TPSA) is 87.7 Å². The van der Waals surface area contributed by atoms with Gasteiger partial charge in [-0.15, -0.1) is 0 Å². The fourth-order valence-corrected chi connectivity index (χ4v) is 2.68. The quantitative estimate of drug-likeness (QED) is 0.812. The maximum absolute atomic E-state index is 12.4. The van der Waals surface area contributed by atoms with Crippen LogP contribution in [0.25, 0.3) is 0 Å². The first-order chi connectivity index (χ1) is 11.6. The van der Waals surface area contributed by atoms with Gasteiger partial charge in [0.1, 0.15) is 0 Å². The minimum atomic E-state index is -0.696. The second-order valence-corrected chi connectivity index (χ2v) is 5.68. The van der Waals surface area contributed by atoms with Crippen LogP contribution >= 0.6 is 0 Å². The van der Waals surface area contributed by atoms with E-state index in [0.717, 1.165) is 12.0 Å². The molecule has 0 saturated carbocycles. The third kappa shape index (κ3) is 5.26. The van der Waals surface area contributed by atoms with E-state index in [9.17, 15) is 14.4 Å². The van der Waals surface area contributed by atoms with Crippen LogP contribution in [0.1, 0.15) is 25.3 Å². The molecular formula is C17H23N3O4. The van der Waals surface area contributed by atoms with Crippen molar-refractivity contribution in [2.75, 3.05) is 19.7 Å². The maximum Gasteiger partial charge on any atom is 0.426 e. The molecule has 24 heavy (non-hydrogen) atoms. The molecule has 1 unspecified atom stereocenters. The minimum absolute atomic E-state index is 0.0112. The summed E-state index contributed by atoms with van der Waals surface area (Å²) in [7, 11) is 0. The number of rotatable bonds is 4. The van der Waals surface area contributed by atoms with Crippen molar-refractivity contribution in [3.05, 3.63) is 35.9 Å². The number of amides is 3. The number of benzene rings is 1. The number of nitrogens with zero attached hydrogens (tertiary/aromatic N) is 1. The molecule has 7 nitrogen and oxygen atoms in total. The number of hydrogen-bond donors (Lipinski definition) is 2. The summed E-state index contributed by atoms with van der Waals surface area (Å²) >= 11 is 0. The Morgan fingerprint density at radius 3 is 2.67 bits per heavy atom. The molecule has 0 spiro atoms. The zero-order valence-electron chi connectivity index (χ0n) is 13.8. The van der Waals surface area contributed by atoms with E-state index >= 15 is 0 Å². The van der Waals surface area contributed by atoms with Gasteiger partial charge in [-0.05, 0) is 25.3 Å². The third-order valence-corrected chi connectivity index (χ3v) is 3.91. The fraction of sp³-hybridized carbons (Fsp3) is 0.471. The monoisotopic (exact) mass is 333 g/mol. The molecule has 0 bridgehead atoms. The Bertz CT molecular complexity index is 576. The summed E-state index contributed by atoms with van der Waals surface area (Å²) < 4.78 is 4.68. The fourth-order valence-electron chi connectivity index (χ4n) is 2.68. The lowest BCUT2D eigenvalue weighted by Crippen LogP contribution is -2.50. The van der Waals surface area contributed by atoms with Crippen LogP contribution in [-0.4, -0.2) is 42.5 Å². The summed E-state index contributed by atoms with van der Waals surface area (Å²) in [5.74, 6) is -0.627. The van der Waals surface area contributed by atoms with Crippen molar-refractivity contribution >= 4 is 17.9 Å². The smallest absolute Gasteiger partial charge is 0.426 e. The molecule has 1 aromatic carbocycles. The number of hydrazine groups is 1. The molecule has 7 heteroatoms. The highest BCUT2D eigenvalue weighted by molar-refractivity contribution is 5.83. The van der Waals surface area contributed by atoms with Gasteiger partial charge in [0.2, 0.25) is 11.8 Å². The lowest BCUT2D eigenvalue weighted by atomic mass is 9.97. The SMILES string of the molecule is CCOC(=O)NNC(=O)C1CCCN(C(=O)Cc2ccccc2)C1. The molecule has 1 fully saturated rings. The van der Waals surface area contributed by atoms with Gasteiger partial charge >= 0.3 is 6.09 Å². The average Bonchev–Trinajstić information content (AvgIpc) is 2.61.